The Morgan fingerprint density at radius 1 is 1.38 bits per heavy atom. The molecule has 1 fully saturated rings. The summed E-state index contributed by atoms with van der Waals surface area (Å²) in [6.45, 7) is 0.748. The van der Waals surface area contributed by atoms with E-state index in [0.717, 1.165) is 4.57 Å². The lowest BCUT2D eigenvalue weighted by Crippen LogP contribution is -2.50. The van der Waals surface area contributed by atoms with Crippen molar-refractivity contribution in [3.8, 4) is 6.07 Å². The van der Waals surface area contributed by atoms with Crippen LogP contribution in [0, 0.1) is 24.2 Å². The lowest BCUT2D eigenvalue weighted by molar-refractivity contribution is -0.104. The van der Waals surface area contributed by atoms with E-state index in [4.69, 9.17) is 20.9 Å². The third kappa shape index (κ3) is 4.44. The maximum Gasteiger partial charge on any atom is 0.469 e. The summed E-state index contributed by atoms with van der Waals surface area (Å²) in [6.07, 6.45) is -1.59. The molecule has 11 nitrogen and oxygen atoms in total. The SMILES string of the molecule is Cc1cn([C@]2(c3ccccc3Cl)O[C@H](CO)[C@@H](OP(=O)(O)O)C2CCC#N)c(=O)[nH]c1=O. The number of aromatic amines is 1. The summed E-state index contributed by atoms with van der Waals surface area (Å²) in [4.78, 5) is 46.1. The third-order valence-corrected chi connectivity index (χ3v) is 6.19. The zero-order valence-corrected chi connectivity index (χ0v) is 18.5. The van der Waals surface area contributed by atoms with Crippen LogP contribution in [0.1, 0.15) is 24.0 Å². The van der Waals surface area contributed by atoms with Gasteiger partial charge in [-0.25, -0.2) is 9.36 Å². The number of rotatable bonds is 7. The number of benzene rings is 1. The molecule has 13 heteroatoms. The first-order chi connectivity index (χ1) is 15.0. The molecule has 2 aromatic rings. The van der Waals surface area contributed by atoms with E-state index in [1.165, 1.54) is 19.2 Å². The first-order valence-electron chi connectivity index (χ1n) is 9.52. The molecule has 1 saturated heterocycles. The van der Waals surface area contributed by atoms with E-state index < -0.39 is 49.5 Å². The number of ether oxygens (including phenoxy) is 1. The van der Waals surface area contributed by atoms with Gasteiger partial charge in [-0.2, -0.15) is 5.26 Å². The smallest absolute Gasteiger partial charge is 0.394 e. The number of phosphoric ester groups is 1. The van der Waals surface area contributed by atoms with E-state index in [1.807, 2.05) is 6.07 Å². The second-order valence-corrected chi connectivity index (χ2v) is 8.92. The molecule has 1 aromatic heterocycles. The summed E-state index contributed by atoms with van der Waals surface area (Å²) < 4.78 is 23.9. The molecular weight excluding hydrogens is 465 g/mol. The molecule has 1 aliphatic heterocycles. The quantitative estimate of drug-likeness (QED) is 0.416. The highest BCUT2D eigenvalue weighted by atomic mass is 35.5. The molecule has 0 spiro atoms. The van der Waals surface area contributed by atoms with Crippen molar-refractivity contribution < 1.29 is 28.7 Å². The van der Waals surface area contributed by atoms with Crippen molar-refractivity contribution in [2.45, 2.75) is 37.7 Å². The number of nitriles is 1. The van der Waals surface area contributed by atoms with Crippen molar-refractivity contribution in [1.82, 2.24) is 9.55 Å². The molecule has 0 aliphatic carbocycles. The number of hydrogen-bond acceptors (Lipinski definition) is 7. The minimum atomic E-state index is -5.07. The van der Waals surface area contributed by atoms with Crippen molar-refractivity contribution in [1.29, 1.82) is 5.26 Å². The van der Waals surface area contributed by atoms with Crippen LogP contribution in [-0.2, 0) is 19.6 Å². The molecule has 3 rings (SSSR count). The predicted octanol–water partition coefficient (Wildman–Crippen LogP) is 0.988. The second-order valence-electron chi connectivity index (χ2n) is 7.32. The minimum absolute atomic E-state index is 0.0342. The summed E-state index contributed by atoms with van der Waals surface area (Å²) in [5.74, 6) is -1.06. The molecule has 32 heavy (non-hydrogen) atoms. The summed E-state index contributed by atoms with van der Waals surface area (Å²) in [5, 5.41) is 19.3. The Balaban J connectivity index is 2.39. The molecule has 172 valence electrons. The summed E-state index contributed by atoms with van der Waals surface area (Å²) in [5.41, 5.74) is -2.98. The standard InChI is InChI=1S/C19H21ClN3O8P/c1-11-9-23(18(26)22-17(11)25)19(12-5-2-3-7-14(12)20)13(6-4-8-21)16(15(10-24)30-19)31-32(27,28)29/h2-3,5,7,9,13,15-16,24H,4,6,10H2,1H3,(H,22,25,26)(H2,27,28,29)/t13?,15-,16+,19-/m1/s1. The van der Waals surface area contributed by atoms with Gasteiger partial charge in [0.25, 0.3) is 5.56 Å². The fourth-order valence-corrected chi connectivity index (χ4v) is 4.95. The average Bonchev–Trinajstić information content (AvgIpc) is 3.01. The molecule has 0 amide bonds. The van der Waals surface area contributed by atoms with Gasteiger partial charge in [-0.3, -0.25) is 18.9 Å². The predicted molar refractivity (Wildman–Crippen MR) is 112 cm³/mol. The highest BCUT2D eigenvalue weighted by Crippen LogP contribution is 2.53. The number of aryl methyl sites for hydroxylation is 1. The molecule has 1 aliphatic rings. The van der Waals surface area contributed by atoms with Crippen molar-refractivity contribution in [2.24, 2.45) is 5.92 Å². The molecule has 4 N–H and O–H groups in total. The normalized spacial score (nSPS) is 25.6. The maximum absolute atomic E-state index is 12.9. The van der Waals surface area contributed by atoms with Gasteiger partial charge in [-0.15, -0.1) is 0 Å². The van der Waals surface area contributed by atoms with Crippen molar-refractivity contribution in [3.05, 3.63) is 67.4 Å². The van der Waals surface area contributed by atoms with Crippen molar-refractivity contribution in [2.75, 3.05) is 6.61 Å². The Labute approximate surface area is 187 Å². The molecule has 4 atom stereocenters. The van der Waals surface area contributed by atoms with E-state index >= 15 is 0 Å². The molecule has 1 aromatic carbocycles. The maximum atomic E-state index is 12.9. The van der Waals surface area contributed by atoms with Gasteiger partial charge in [0.05, 0.1) is 12.7 Å². The Morgan fingerprint density at radius 3 is 2.66 bits per heavy atom. The highest BCUT2D eigenvalue weighted by molar-refractivity contribution is 7.46. The number of aromatic nitrogens is 2. The van der Waals surface area contributed by atoms with Gasteiger partial charge < -0.3 is 19.6 Å². The van der Waals surface area contributed by atoms with Crippen LogP contribution in [0.5, 0.6) is 0 Å². The summed E-state index contributed by atoms with van der Waals surface area (Å²) >= 11 is 6.45. The minimum Gasteiger partial charge on any atom is -0.394 e. The molecule has 0 saturated carbocycles. The van der Waals surface area contributed by atoms with E-state index in [0.29, 0.717) is 0 Å². The molecule has 0 bridgehead atoms. The zero-order valence-electron chi connectivity index (χ0n) is 16.8. The monoisotopic (exact) mass is 485 g/mol. The number of aliphatic hydroxyl groups is 1. The summed E-state index contributed by atoms with van der Waals surface area (Å²) in [7, 11) is -5.07. The molecule has 0 radical (unpaired) electrons. The van der Waals surface area contributed by atoms with Gasteiger partial charge in [-0.1, -0.05) is 29.8 Å². The van der Waals surface area contributed by atoms with Crippen LogP contribution in [0.3, 0.4) is 0 Å². The van der Waals surface area contributed by atoms with Crippen LogP contribution in [0.4, 0.5) is 0 Å². The van der Waals surface area contributed by atoms with Crippen molar-refractivity contribution in [3.63, 3.8) is 0 Å². The third-order valence-electron chi connectivity index (χ3n) is 5.34. The first-order valence-corrected chi connectivity index (χ1v) is 11.4. The lowest BCUT2D eigenvalue weighted by atomic mass is 9.82. The number of hydrogen-bond donors (Lipinski definition) is 4. The average molecular weight is 486 g/mol. The number of halogens is 1. The van der Waals surface area contributed by atoms with E-state index in [9.17, 15) is 34.3 Å². The number of nitrogens with one attached hydrogen (secondary N) is 1. The number of H-pyrrole nitrogens is 1. The summed E-state index contributed by atoms with van der Waals surface area (Å²) in [6, 6.07) is 8.27. The van der Waals surface area contributed by atoms with Crippen LogP contribution in [0.15, 0.2) is 40.1 Å². The number of nitrogens with zero attached hydrogens (tertiary/aromatic N) is 2. The zero-order chi connectivity index (χ0) is 23.7. The Kier molecular flexibility index (Phi) is 7.07. The largest absolute Gasteiger partial charge is 0.469 e. The van der Waals surface area contributed by atoms with Gasteiger partial charge in [0.1, 0.15) is 12.2 Å². The van der Waals surface area contributed by atoms with Gasteiger partial charge in [0.15, 0.2) is 5.72 Å². The van der Waals surface area contributed by atoms with Gasteiger partial charge in [-0.05, 0) is 19.4 Å². The van der Waals surface area contributed by atoms with E-state index in [-0.39, 0.29) is 29.0 Å². The first kappa shape index (κ1) is 24.4. The fourth-order valence-electron chi connectivity index (χ4n) is 4.08. The highest BCUT2D eigenvalue weighted by Gasteiger charge is 2.59. The fraction of sp³-hybridized carbons (Fsp3) is 0.421. The molecule has 1 unspecified atom stereocenters. The van der Waals surface area contributed by atoms with Crippen LogP contribution >= 0.6 is 19.4 Å². The number of phosphoric acid groups is 1. The van der Waals surface area contributed by atoms with Crippen LogP contribution in [0.25, 0.3) is 0 Å². The Morgan fingerprint density at radius 2 is 2.06 bits per heavy atom. The van der Waals surface area contributed by atoms with Crippen LogP contribution < -0.4 is 11.2 Å². The number of aliphatic hydroxyl groups excluding tert-OH is 1. The van der Waals surface area contributed by atoms with Gasteiger partial charge >= 0.3 is 13.5 Å². The molecule has 2 heterocycles. The Bertz CT molecular complexity index is 1200. The Hall–Kier alpha value is -2.29. The van der Waals surface area contributed by atoms with Gasteiger partial charge in [0.2, 0.25) is 0 Å². The topological polar surface area (TPSA) is 175 Å². The molecular formula is C19H21ClN3O8P. The van der Waals surface area contributed by atoms with E-state index in [1.54, 1.807) is 18.2 Å². The van der Waals surface area contributed by atoms with Crippen LogP contribution in [0.2, 0.25) is 5.02 Å². The van der Waals surface area contributed by atoms with Gasteiger partial charge in [0, 0.05) is 34.7 Å². The van der Waals surface area contributed by atoms with Crippen LogP contribution in [-0.4, -0.2) is 43.3 Å². The second kappa shape index (κ2) is 9.29. The van der Waals surface area contributed by atoms with E-state index in [2.05, 4.69) is 4.98 Å². The van der Waals surface area contributed by atoms with Crippen molar-refractivity contribution >= 4 is 19.4 Å². The lowest BCUT2D eigenvalue weighted by Gasteiger charge is -2.38.